The van der Waals surface area contributed by atoms with Crippen LogP contribution in [0.4, 0.5) is 0 Å². The van der Waals surface area contributed by atoms with Gasteiger partial charge in [0, 0.05) is 12.3 Å². The summed E-state index contributed by atoms with van der Waals surface area (Å²) in [5, 5.41) is 68.2. The molecule has 89 heavy (non-hydrogen) atoms. The lowest BCUT2D eigenvalue weighted by Crippen LogP contribution is -2.66. The number of aliphatic hydroxyl groups is 6. The Kier molecular flexibility index (Phi) is 25.7. The Balaban J connectivity index is 0.864. The maximum Gasteiger partial charge on any atom is 0.186 e. The van der Waals surface area contributed by atoms with Crippen molar-refractivity contribution in [2.45, 2.75) is 240 Å². The number of hydrogen-bond donors (Lipinski definition) is 9. The molecular formula is C65H95N3O21. The van der Waals surface area contributed by atoms with Crippen LogP contribution in [0.2, 0.25) is 0 Å². The van der Waals surface area contributed by atoms with E-state index < -0.39 is 179 Å². The molecule has 24 heteroatoms. The number of unbranched alkanes of at least 4 members (excludes halogenated alkanes) is 1. The maximum atomic E-state index is 12.4. The largest absolute Gasteiger partial charge is 0.394 e. The molecule has 3 aromatic carbocycles. The number of rotatable bonds is 26. The fraction of sp³-hybridized carbons (Fsp3) is 0.692. The van der Waals surface area contributed by atoms with Gasteiger partial charge in [-0.25, -0.2) is 0 Å². The van der Waals surface area contributed by atoms with Crippen molar-refractivity contribution in [3.8, 4) is 12.3 Å². The van der Waals surface area contributed by atoms with E-state index >= 15 is 0 Å². The van der Waals surface area contributed by atoms with E-state index in [1.807, 2.05) is 112 Å². The molecule has 29 atom stereocenters. The van der Waals surface area contributed by atoms with Crippen molar-refractivity contribution in [2.24, 2.45) is 35.0 Å². The highest BCUT2D eigenvalue weighted by atomic mass is 16.8. The van der Waals surface area contributed by atoms with Crippen LogP contribution in [-0.4, -0.2) is 217 Å². The second-order valence-corrected chi connectivity index (χ2v) is 24.4. The van der Waals surface area contributed by atoms with Crippen molar-refractivity contribution >= 4 is 0 Å². The number of nitrogens with two attached hydrogens (primary N) is 3. The zero-order valence-corrected chi connectivity index (χ0v) is 51.6. The van der Waals surface area contributed by atoms with Gasteiger partial charge in [0.2, 0.25) is 0 Å². The molecule has 0 amide bonds. The predicted octanol–water partition coefficient (Wildman–Crippen LogP) is 1.85. The van der Waals surface area contributed by atoms with Crippen LogP contribution in [0.3, 0.4) is 0 Å². The lowest BCUT2D eigenvalue weighted by Gasteiger charge is -2.50. The SMILES string of the molecule is C#CCCCO[C@@H]1OC(C)[C@@H](O[C@@H]2OC(CO)[C@@H](O[C@@H]3OC(C)C(O[C@@H]4OC(CO)[C@@H](O[C@@H]5OC(C)[C@@H](O[C@@H]6OC(CO)[C@@H](C)[C@H](C)C6N)[C@@H](OCc6ccccc6)C5O)CC4N)[C@@H](OCc4ccccc4)C3O)[C@H](C)C2N)[C@@H](OCc2ccccc2)C1O. The van der Waals surface area contributed by atoms with Crippen LogP contribution >= 0.6 is 0 Å². The molecule has 6 saturated heterocycles. The Morgan fingerprint density at radius 2 is 0.831 bits per heavy atom. The predicted molar refractivity (Wildman–Crippen MR) is 318 cm³/mol. The van der Waals surface area contributed by atoms with E-state index in [0.717, 1.165) is 16.7 Å². The summed E-state index contributed by atoms with van der Waals surface area (Å²) in [5.41, 5.74) is 23.0. The Bertz CT molecular complexity index is 2580. The van der Waals surface area contributed by atoms with Crippen LogP contribution in [0.5, 0.6) is 0 Å². The highest BCUT2D eigenvalue weighted by Crippen LogP contribution is 2.40. The van der Waals surface area contributed by atoms with Crippen molar-refractivity contribution in [2.75, 3.05) is 26.4 Å². The first kappa shape index (κ1) is 69.6. The van der Waals surface area contributed by atoms with Crippen molar-refractivity contribution in [3.63, 3.8) is 0 Å². The average Bonchev–Trinajstić information content (AvgIpc) is 1.89. The quantitative estimate of drug-likeness (QED) is 0.0409. The summed E-state index contributed by atoms with van der Waals surface area (Å²) in [7, 11) is 0. The van der Waals surface area contributed by atoms with Crippen LogP contribution in [0.15, 0.2) is 91.0 Å². The fourth-order valence-corrected chi connectivity index (χ4v) is 12.5. The first-order valence-electron chi connectivity index (χ1n) is 31.3. The minimum atomic E-state index is -1.53. The van der Waals surface area contributed by atoms with E-state index in [1.165, 1.54) is 0 Å². The van der Waals surface area contributed by atoms with Gasteiger partial charge in [-0.05, 0) is 62.1 Å². The van der Waals surface area contributed by atoms with Gasteiger partial charge in [0.05, 0.1) is 101 Å². The van der Waals surface area contributed by atoms with E-state index in [1.54, 1.807) is 20.8 Å². The minimum absolute atomic E-state index is 0.0412. The first-order valence-corrected chi connectivity index (χ1v) is 31.3. The molecule has 0 aliphatic carbocycles. The minimum Gasteiger partial charge on any atom is -0.394 e. The fourth-order valence-electron chi connectivity index (χ4n) is 12.5. The van der Waals surface area contributed by atoms with Crippen LogP contribution in [0, 0.1) is 30.1 Å². The summed E-state index contributed by atoms with van der Waals surface area (Å²) < 4.78 is 96.3. The maximum absolute atomic E-state index is 12.4. The van der Waals surface area contributed by atoms with Crippen LogP contribution in [-0.2, 0) is 90.9 Å². The van der Waals surface area contributed by atoms with Gasteiger partial charge < -0.3 is 119 Å². The molecule has 0 spiro atoms. The van der Waals surface area contributed by atoms with E-state index in [4.69, 9.17) is 94.7 Å². The van der Waals surface area contributed by atoms with Gasteiger partial charge >= 0.3 is 0 Å². The van der Waals surface area contributed by atoms with Gasteiger partial charge in [-0.3, -0.25) is 0 Å². The summed E-state index contributed by atoms with van der Waals surface area (Å²) >= 11 is 0. The standard InChI is InChI=1S/C65H95N3O21/c1-8-9-19-26-75-63-50(72)57(76-31-40-20-13-10-14-21-40)55(37(5)79-63)89-62-49(68)36(4)53(47(30-71)85-62)86-65-52(74)59(78-33-42-24-17-12-18-25-42)54(38(6)81-65)87-60-43(66)27-44(46(29-70)84-60)82-64-51(73)58(77-32-41-22-15-11-16-23-41)56(39(7)80-64)88-61-48(67)35(3)34(2)45(28-69)83-61/h1,10-18,20-25,34-39,43-65,69-74H,9,19,26-33,66-68H2,2-7H3/t34-,35-,36+,37?,38?,39?,43?,44-,45?,46?,47?,48?,49?,50?,51?,52?,53-,54?,55+,56+,57-,58-,59-,60-,61-,62-,63+,64-,65-/m0/s1. The van der Waals surface area contributed by atoms with Gasteiger partial charge in [0.15, 0.2) is 37.7 Å². The Morgan fingerprint density at radius 1 is 0.438 bits per heavy atom. The van der Waals surface area contributed by atoms with Crippen molar-refractivity contribution in [1.29, 1.82) is 0 Å². The molecule has 13 unspecified atom stereocenters. The third-order valence-electron chi connectivity index (χ3n) is 18.2. The molecule has 3 aromatic rings. The van der Waals surface area contributed by atoms with Gasteiger partial charge in [0.25, 0.3) is 0 Å². The second-order valence-electron chi connectivity index (χ2n) is 24.4. The molecule has 6 aliphatic heterocycles. The summed E-state index contributed by atoms with van der Waals surface area (Å²) in [5.74, 6) is 1.85. The summed E-state index contributed by atoms with van der Waals surface area (Å²) in [6, 6.07) is 25.9. The number of hydrogen-bond acceptors (Lipinski definition) is 24. The molecule has 12 N–H and O–H groups in total. The smallest absolute Gasteiger partial charge is 0.186 e. The van der Waals surface area contributed by atoms with Crippen LogP contribution in [0.25, 0.3) is 0 Å². The Morgan fingerprint density at radius 3 is 1.29 bits per heavy atom. The number of aliphatic hydroxyl groups excluding tert-OH is 6. The molecule has 0 radical (unpaired) electrons. The van der Waals surface area contributed by atoms with Gasteiger partial charge in [0.1, 0.15) is 67.1 Å². The molecule has 0 aromatic heterocycles. The van der Waals surface area contributed by atoms with Gasteiger partial charge in [-0.15, -0.1) is 12.3 Å². The molecular weight excluding hydrogens is 1160 g/mol. The van der Waals surface area contributed by atoms with Gasteiger partial charge in [-0.1, -0.05) is 112 Å². The lowest BCUT2D eigenvalue weighted by molar-refractivity contribution is -0.375. The molecule has 24 nitrogen and oxygen atoms in total. The summed E-state index contributed by atoms with van der Waals surface area (Å²) in [4.78, 5) is 0. The summed E-state index contributed by atoms with van der Waals surface area (Å²) in [6.45, 7) is 10.2. The lowest BCUT2D eigenvalue weighted by atomic mass is 9.82. The zero-order valence-electron chi connectivity index (χ0n) is 51.6. The third-order valence-corrected chi connectivity index (χ3v) is 18.2. The first-order chi connectivity index (χ1) is 42.9. The highest BCUT2D eigenvalue weighted by molar-refractivity contribution is 5.16. The molecule has 0 bridgehead atoms. The highest BCUT2D eigenvalue weighted by Gasteiger charge is 2.56. The van der Waals surface area contributed by atoms with E-state index in [9.17, 15) is 30.6 Å². The van der Waals surface area contributed by atoms with Crippen molar-refractivity contribution in [1.82, 2.24) is 0 Å². The Labute approximate surface area is 521 Å². The van der Waals surface area contributed by atoms with Gasteiger partial charge in [-0.2, -0.15) is 0 Å². The normalized spacial score (nSPS) is 42.0. The molecule has 9 rings (SSSR count). The van der Waals surface area contributed by atoms with E-state index in [0.29, 0.717) is 12.8 Å². The zero-order chi connectivity index (χ0) is 63.5. The van der Waals surface area contributed by atoms with Crippen molar-refractivity contribution in [3.05, 3.63) is 108 Å². The number of benzene rings is 3. The summed E-state index contributed by atoms with van der Waals surface area (Å²) in [6.07, 6.45) is -17.8. The van der Waals surface area contributed by atoms with Crippen molar-refractivity contribution < 1.29 is 102 Å². The van der Waals surface area contributed by atoms with Crippen LogP contribution in [0.1, 0.15) is 77.5 Å². The Hall–Kier alpha value is -3.74. The van der Waals surface area contributed by atoms with E-state index in [2.05, 4.69) is 5.92 Å². The molecule has 496 valence electrons. The van der Waals surface area contributed by atoms with E-state index in [-0.39, 0.29) is 51.3 Å². The number of ether oxygens (including phenoxy) is 15. The molecule has 6 aliphatic rings. The third kappa shape index (κ3) is 17.0. The molecule has 6 heterocycles. The monoisotopic (exact) mass is 1250 g/mol. The second kappa shape index (κ2) is 32.9. The van der Waals surface area contributed by atoms with Crippen LogP contribution < -0.4 is 17.2 Å². The average molecular weight is 1250 g/mol. The number of terminal acetylenes is 1. The topological polar surface area (TPSA) is 338 Å². The molecule has 0 saturated carbocycles. The molecule has 6 fully saturated rings.